The van der Waals surface area contributed by atoms with Gasteiger partial charge in [-0.2, -0.15) is 15.4 Å². The van der Waals surface area contributed by atoms with Crippen LogP contribution in [0.3, 0.4) is 0 Å². The number of amides is 1. The molecule has 2 unspecified atom stereocenters. The third-order valence-electron chi connectivity index (χ3n) is 3.19. The van der Waals surface area contributed by atoms with Gasteiger partial charge in [0.2, 0.25) is 0 Å². The summed E-state index contributed by atoms with van der Waals surface area (Å²) in [5, 5.41) is 12.6. The summed E-state index contributed by atoms with van der Waals surface area (Å²) in [6.45, 7) is 0.684. The molecule has 2 N–H and O–H groups in total. The summed E-state index contributed by atoms with van der Waals surface area (Å²) in [4.78, 5) is 11.6. The average molecular weight is 243 g/mol. The summed E-state index contributed by atoms with van der Waals surface area (Å²) < 4.78 is 0. The Morgan fingerprint density at radius 3 is 3.06 bits per heavy atom. The lowest BCUT2D eigenvalue weighted by atomic mass is 9.98. The minimum atomic E-state index is -0.172. The first kappa shape index (κ1) is 11.4. The smallest absolute Gasteiger partial charge is 0.273 e. The van der Waals surface area contributed by atoms with Gasteiger partial charge in [-0.3, -0.25) is 4.79 Å². The zero-order valence-corrected chi connectivity index (χ0v) is 9.70. The van der Waals surface area contributed by atoms with E-state index in [9.17, 15) is 4.79 Å². The van der Waals surface area contributed by atoms with Gasteiger partial charge < -0.3 is 5.32 Å². The van der Waals surface area contributed by atoms with Crippen LogP contribution in [0.2, 0.25) is 0 Å². The maximum Gasteiger partial charge on any atom is 0.273 e. The van der Waals surface area contributed by atoms with Crippen LogP contribution in [0, 0.1) is 11.8 Å². The van der Waals surface area contributed by atoms with Gasteiger partial charge in [0.15, 0.2) is 5.69 Å². The number of nitrogens with one attached hydrogen (secondary N) is 2. The molecule has 1 aliphatic rings. The van der Waals surface area contributed by atoms with Gasteiger partial charge in [-0.15, -0.1) is 11.6 Å². The second kappa shape index (κ2) is 5.30. The van der Waals surface area contributed by atoms with Gasteiger partial charge in [0.05, 0.1) is 6.20 Å². The van der Waals surface area contributed by atoms with Crippen LogP contribution in [0.25, 0.3) is 0 Å². The molecule has 1 aliphatic carbocycles. The largest absolute Gasteiger partial charge is 0.350 e. The molecule has 2 atom stereocenters. The Hall–Kier alpha value is -1.10. The minimum absolute atomic E-state index is 0.172. The number of alkyl halides is 1. The first-order valence-electron chi connectivity index (χ1n) is 5.51. The molecule has 1 saturated carbocycles. The van der Waals surface area contributed by atoms with Gasteiger partial charge in [0.1, 0.15) is 0 Å². The van der Waals surface area contributed by atoms with Crippen molar-refractivity contribution in [1.82, 2.24) is 20.7 Å². The lowest BCUT2D eigenvalue weighted by Gasteiger charge is -2.16. The number of aromatic nitrogens is 3. The SMILES string of the molecule is O=C(NCC1CCCC1CCl)c1cn[nH]n1. The van der Waals surface area contributed by atoms with Crippen molar-refractivity contribution < 1.29 is 4.79 Å². The van der Waals surface area contributed by atoms with E-state index in [0.29, 0.717) is 30.0 Å². The number of aromatic amines is 1. The van der Waals surface area contributed by atoms with E-state index in [1.54, 1.807) is 0 Å². The number of hydrogen-bond acceptors (Lipinski definition) is 3. The number of rotatable bonds is 4. The molecule has 1 aromatic heterocycles. The number of H-pyrrole nitrogens is 1. The molecule has 2 rings (SSSR count). The molecule has 16 heavy (non-hydrogen) atoms. The van der Waals surface area contributed by atoms with Crippen molar-refractivity contribution >= 4 is 17.5 Å². The third-order valence-corrected chi connectivity index (χ3v) is 3.58. The second-order valence-corrected chi connectivity index (χ2v) is 4.48. The Morgan fingerprint density at radius 2 is 2.38 bits per heavy atom. The van der Waals surface area contributed by atoms with Gasteiger partial charge in [0, 0.05) is 12.4 Å². The number of halogens is 1. The highest BCUT2D eigenvalue weighted by Crippen LogP contribution is 2.31. The van der Waals surface area contributed by atoms with E-state index >= 15 is 0 Å². The molecule has 5 nitrogen and oxygen atoms in total. The lowest BCUT2D eigenvalue weighted by molar-refractivity contribution is 0.0939. The molecular weight excluding hydrogens is 228 g/mol. The fourth-order valence-corrected chi connectivity index (χ4v) is 2.62. The Balaban J connectivity index is 1.81. The van der Waals surface area contributed by atoms with E-state index in [1.165, 1.54) is 19.0 Å². The molecule has 6 heteroatoms. The van der Waals surface area contributed by atoms with E-state index in [2.05, 4.69) is 20.7 Å². The molecule has 0 spiro atoms. The number of hydrogen-bond donors (Lipinski definition) is 2. The normalized spacial score (nSPS) is 24.6. The molecular formula is C10H15ClN4O. The number of carbonyl (C=O) groups is 1. The molecule has 0 radical (unpaired) electrons. The molecule has 88 valence electrons. The molecule has 1 fully saturated rings. The highest BCUT2D eigenvalue weighted by Gasteiger charge is 2.26. The van der Waals surface area contributed by atoms with E-state index < -0.39 is 0 Å². The highest BCUT2D eigenvalue weighted by atomic mass is 35.5. The van der Waals surface area contributed by atoms with Crippen LogP contribution in [0.15, 0.2) is 6.20 Å². The van der Waals surface area contributed by atoms with E-state index in [4.69, 9.17) is 11.6 Å². The standard InChI is InChI=1S/C10H15ClN4O/c11-4-7-2-1-3-8(7)5-12-10(16)9-6-13-15-14-9/h6-8H,1-5H2,(H,12,16)(H,13,14,15). The monoisotopic (exact) mass is 242 g/mol. The molecule has 0 saturated heterocycles. The highest BCUT2D eigenvalue weighted by molar-refractivity contribution is 6.18. The fraction of sp³-hybridized carbons (Fsp3) is 0.700. The maximum absolute atomic E-state index is 11.6. The molecule has 0 aromatic carbocycles. The number of carbonyl (C=O) groups excluding carboxylic acids is 1. The summed E-state index contributed by atoms with van der Waals surface area (Å²) in [5.74, 6) is 1.56. The lowest BCUT2D eigenvalue weighted by Crippen LogP contribution is -2.31. The van der Waals surface area contributed by atoms with Gasteiger partial charge in [-0.1, -0.05) is 6.42 Å². The summed E-state index contributed by atoms with van der Waals surface area (Å²) >= 11 is 5.88. The molecule has 1 amide bonds. The van der Waals surface area contributed by atoms with Crippen LogP contribution in [-0.4, -0.2) is 33.7 Å². The summed E-state index contributed by atoms with van der Waals surface area (Å²) in [6, 6.07) is 0. The van der Waals surface area contributed by atoms with Crippen LogP contribution in [0.4, 0.5) is 0 Å². The number of nitrogens with zero attached hydrogens (tertiary/aromatic N) is 2. The first-order valence-corrected chi connectivity index (χ1v) is 6.04. The van der Waals surface area contributed by atoms with Crippen LogP contribution >= 0.6 is 11.6 Å². The Morgan fingerprint density at radius 1 is 1.56 bits per heavy atom. The predicted octanol–water partition coefficient (Wildman–Crippen LogP) is 1.19. The predicted molar refractivity (Wildman–Crippen MR) is 60.3 cm³/mol. The molecule has 1 aromatic rings. The van der Waals surface area contributed by atoms with Crippen molar-refractivity contribution in [3.63, 3.8) is 0 Å². The topological polar surface area (TPSA) is 70.7 Å². The molecule has 1 heterocycles. The second-order valence-electron chi connectivity index (χ2n) is 4.17. The maximum atomic E-state index is 11.6. The zero-order valence-electron chi connectivity index (χ0n) is 8.95. The first-order chi connectivity index (χ1) is 7.81. The van der Waals surface area contributed by atoms with Gasteiger partial charge >= 0.3 is 0 Å². The quantitative estimate of drug-likeness (QED) is 0.780. The Labute approximate surface area is 98.9 Å². The Kier molecular flexibility index (Phi) is 3.77. The van der Waals surface area contributed by atoms with Crippen LogP contribution in [0.1, 0.15) is 29.8 Å². The minimum Gasteiger partial charge on any atom is -0.350 e. The van der Waals surface area contributed by atoms with E-state index in [1.807, 2.05) is 0 Å². The van der Waals surface area contributed by atoms with Crippen molar-refractivity contribution in [2.75, 3.05) is 12.4 Å². The van der Waals surface area contributed by atoms with E-state index in [0.717, 1.165) is 6.42 Å². The zero-order chi connectivity index (χ0) is 11.4. The summed E-state index contributed by atoms with van der Waals surface area (Å²) in [5.41, 5.74) is 0.334. The van der Waals surface area contributed by atoms with Crippen LogP contribution in [0.5, 0.6) is 0 Å². The average Bonchev–Trinajstić information content (AvgIpc) is 2.96. The third kappa shape index (κ3) is 2.52. The Bertz CT molecular complexity index is 341. The van der Waals surface area contributed by atoms with Crippen molar-refractivity contribution in [3.8, 4) is 0 Å². The molecule has 0 aliphatic heterocycles. The van der Waals surface area contributed by atoms with E-state index in [-0.39, 0.29) is 5.91 Å². The summed E-state index contributed by atoms with van der Waals surface area (Å²) in [6.07, 6.45) is 4.95. The van der Waals surface area contributed by atoms with Crippen LogP contribution < -0.4 is 5.32 Å². The fourth-order valence-electron chi connectivity index (χ4n) is 2.21. The van der Waals surface area contributed by atoms with Gasteiger partial charge in [-0.25, -0.2) is 0 Å². The van der Waals surface area contributed by atoms with Gasteiger partial charge in [-0.05, 0) is 24.7 Å². The van der Waals surface area contributed by atoms with Crippen molar-refractivity contribution in [2.45, 2.75) is 19.3 Å². The van der Waals surface area contributed by atoms with Crippen molar-refractivity contribution in [2.24, 2.45) is 11.8 Å². The molecule has 0 bridgehead atoms. The summed E-state index contributed by atoms with van der Waals surface area (Å²) in [7, 11) is 0. The van der Waals surface area contributed by atoms with Crippen molar-refractivity contribution in [3.05, 3.63) is 11.9 Å². The van der Waals surface area contributed by atoms with Crippen molar-refractivity contribution in [1.29, 1.82) is 0 Å². The van der Waals surface area contributed by atoms with Crippen LogP contribution in [-0.2, 0) is 0 Å². The van der Waals surface area contributed by atoms with Gasteiger partial charge in [0.25, 0.3) is 5.91 Å².